The largest absolute Gasteiger partial charge is 0.490 e. The normalized spacial score (nSPS) is 28.8. The number of hydrogen-bond donors (Lipinski definition) is 1. The molecule has 0 amide bonds. The van der Waals surface area contributed by atoms with Crippen molar-refractivity contribution in [3.05, 3.63) is 23.8 Å². The first-order valence-corrected chi connectivity index (χ1v) is 8.56. The first kappa shape index (κ1) is 17.9. The molecule has 0 saturated heterocycles. The van der Waals surface area contributed by atoms with E-state index in [1.54, 1.807) is 6.07 Å². The monoisotopic (exact) mass is 355 g/mol. The van der Waals surface area contributed by atoms with Gasteiger partial charge in [-0.25, -0.2) is 0 Å². The number of carbonyl (C=O) groups is 1. The third-order valence-electron chi connectivity index (χ3n) is 5.21. The molecule has 0 bridgehead atoms. The molecule has 0 unspecified atom stereocenters. The molecule has 0 radical (unpaired) electrons. The molecule has 25 heavy (non-hydrogen) atoms. The topological polar surface area (TPSA) is 70.8 Å². The van der Waals surface area contributed by atoms with Gasteiger partial charge < -0.3 is 19.9 Å². The first-order valence-electron chi connectivity index (χ1n) is 8.56. The molecule has 2 N–H and O–H groups in total. The summed E-state index contributed by atoms with van der Waals surface area (Å²) in [5, 5.41) is 0. The SMILES string of the molecule is COC(=O)C1CCC([C@H]2C[C@@H](N)c3ccc(OC(F)F)cc3O2)CC1. The maximum Gasteiger partial charge on any atom is 0.387 e. The maximum atomic E-state index is 12.4. The van der Waals surface area contributed by atoms with Gasteiger partial charge in [0.2, 0.25) is 0 Å². The Kier molecular flexibility index (Phi) is 5.42. The minimum atomic E-state index is -2.88. The number of halogens is 2. The van der Waals surface area contributed by atoms with Gasteiger partial charge in [-0.3, -0.25) is 4.79 Å². The molecule has 0 spiro atoms. The molecule has 1 aromatic rings. The molecule has 2 atom stereocenters. The lowest BCUT2D eigenvalue weighted by molar-refractivity contribution is -0.147. The standard InChI is InChI=1S/C18H23F2NO4/c1-23-17(22)11-4-2-10(3-5-11)15-9-14(21)13-7-6-12(24-18(19)20)8-16(13)25-15/h6-8,10-11,14-15,18H,2-5,9,21H2,1H3/t10?,11?,14-,15-/m1/s1. The van der Waals surface area contributed by atoms with Crippen molar-refractivity contribution in [3.8, 4) is 11.5 Å². The zero-order valence-electron chi connectivity index (χ0n) is 14.1. The van der Waals surface area contributed by atoms with Crippen molar-refractivity contribution in [1.29, 1.82) is 0 Å². The highest BCUT2D eigenvalue weighted by atomic mass is 19.3. The van der Waals surface area contributed by atoms with E-state index in [0.29, 0.717) is 18.1 Å². The number of fused-ring (bicyclic) bond motifs is 1. The van der Waals surface area contributed by atoms with Crippen LogP contribution in [0.5, 0.6) is 11.5 Å². The maximum absolute atomic E-state index is 12.4. The number of benzene rings is 1. The van der Waals surface area contributed by atoms with Crippen LogP contribution in [0.2, 0.25) is 0 Å². The molecule has 138 valence electrons. The number of alkyl halides is 2. The van der Waals surface area contributed by atoms with Gasteiger partial charge in [0, 0.05) is 24.1 Å². The molecule has 1 aliphatic heterocycles. The number of rotatable bonds is 4. The van der Waals surface area contributed by atoms with Crippen molar-refractivity contribution < 1.29 is 27.8 Å². The van der Waals surface area contributed by atoms with E-state index in [2.05, 4.69) is 4.74 Å². The number of ether oxygens (including phenoxy) is 3. The smallest absolute Gasteiger partial charge is 0.387 e. The van der Waals surface area contributed by atoms with E-state index in [-0.39, 0.29) is 29.8 Å². The fourth-order valence-corrected chi connectivity index (χ4v) is 3.87. The van der Waals surface area contributed by atoms with Gasteiger partial charge in [-0.1, -0.05) is 6.07 Å². The minimum absolute atomic E-state index is 0.0446. The second-order valence-corrected chi connectivity index (χ2v) is 6.71. The zero-order valence-corrected chi connectivity index (χ0v) is 14.1. The summed E-state index contributed by atoms with van der Waals surface area (Å²) >= 11 is 0. The molecule has 1 fully saturated rings. The van der Waals surface area contributed by atoms with Gasteiger partial charge in [0.15, 0.2) is 0 Å². The Morgan fingerprint density at radius 2 is 2.00 bits per heavy atom. The minimum Gasteiger partial charge on any atom is -0.490 e. The van der Waals surface area contributed by atoms with E-state index in [0.717, 1.165) is 31.2 Å². The summed E-state index contributed by atoms with van der Waals surface area (Å²) in [6.45, 7) is -2.88. The third kappa shape index (κ3) is 4.03. The van der Waals surface area contributed by atoms with Gasteiger partial charge in [0.1, 0.15) is 17.6 Å². The number of hydrogen-bond acceptors (Lipinski definition) is 5. The number of carbonyl (C=O) groups excluding carboxylic acids is 1. The van der Waals surface area contributed by atoms with Crippen LogP contribution in [0.25, 0.3) is 0 Å². The van der Waals surface area contributed by atoms with E-state index in [4.69, 9.17) is 15.2 Å². The Balaban J connectivity index is 1.67. The van der Waals surface area contributed by atoms with Crippen molar-refractivity contribution in [2.45, 2.75) is 50.9 Å². The molecule has 1 aliphatic carbocycles. The molecule has 1 aromatic carbocycles. The fraction of sp³-hybridized carbons (Fsp3) is 0.611. The Morgan fingerprint density at radius 1 is 1.28 bits per heavy atom. The average Bonchev–Trinajstić information content (AvgIpc) is 2.60. The zero-order chi connectivity index (χ0) is 18.0. The first-order chi connectivity index (χ1) is 12.0. The van der Waals surface area contributed by atoms with Crippen LogP contribution in [0, 0.1) is 11.8 Å². The van der Waals surface area contributed by atoms with E-state index >= 15 is 0 Å². The van der Waals surface area contributed by atoms with Crippen molar-refractivity contribution in [3.63, 3.8) is 0 Å². The van der Waals surface area contributed by atoms with Gasteiger partial charge >= 0.3 is 12.6 Å². The molecule has 5 nitrogen and oxygen atoms in total. The van der Waals surface area contributed by atoms with Crippen molar-refractivity contribution in [1.82, 2.24) is 0 Å². The lowest BCUT2D eigenvalue weighted by Crippen LogP contribution is -2.38. The fourth-order valence-electron chi connectivity index (χ4n) is 3.87. The molecule has 1 heterocycles. The predicted octanol–water partition coefficient (Wildman–Crippen LogP) is 3.42. The number of nitrogens with two attached hydrogens (primary N) is 1. The number of methoxy groups -OCH3 is 1. The van der Waals surface area contributed by atoms with E-state index in [9.17, 15) is 13.6 Å². The van der Waals surface area contributed by atoms with E-state index < -0.39 is 6.61 Å². The van der Waals surface area contributed by atoms with E-state index in [1.807, 2.05) is 0 Å². The summed E-state index contributed by atoms with van der Waals surface area (Å²) in [6.07, 6.45) is 3.86. The second-order valence-electron chi connectivity index (χ2n) is 6.71. The molecule has 3 rings (SSSR count). The van der Waals surface area contributed by atoms with E-state index in [1.165, 1.54) is 19.2 Å². The van der Waals surface area contributed by atoms with Gasteiger partial charge in [-0.15, -0.1) is 0 Å². The summed E-state index contributed by atoms with van der Waals surface area (Å²) < 4.78 is 40.1. The summed E-state index contributed by atoms with van der Waals surface area (Å²) in [4.78, 5) is 11.6. The Bertz CT molecular complexity index is 617. The molecule has 0 aromatic heterocycles. The quantitative estimate of drug-likeness (QED) is 0.838. The Morgan fingerprint density at radius 3 is 2.64 bits per heavy atom. The average molecular weight is 355 g/mol. The van der Waals surface area contributed by atoms with Crippen LogP contribution in [0.3, 0.4) is 0 Å². The van der Waals surface area contributed by atoms with Crippen LogP contribution in [-0.4, -0.2) is 25.8 Å². The molecule has 1 saturated carbocycles. The summed E-state index contributed by atoms with van der Waals surface area (Å²) in [5.74, 6) is 0.670. The highest BCUT2D eigenvalue weighted by Gasteiger charge is 2.36. The van der Waals surface area contributed by atoms with Gasteiger partial charge in [0.25, 0.3) is 0 Å². The summed E-state index contributed by atoms with van der Waals surface area (Å²) in [7, 11) is 1.41. The number of esters is 1. The Labute approximate surface area is 145 Å². The highest BCUT2D eigenvalue weighted by Crippen LogP contribution is 2.42. The van der Waals surface area contributed by atoms with Crippen LogP contribution in [0.15, 0.2) is 18.2 Å². The van der Waals surface area contributed by atoms with Crippen molar-refractivity contribution in [2.75, 3.05) is 7.11 Å². The highest BCUT2D eigenvalue weighted by molar-refractivity contribution is 5.72. The molecule has 7 heteroatoms. The van der Waals surface area contributed by atoms with Crippen molar-refractivity contribution in [2.24, 2.45) is 17.6 Å². The van der Waals surface area contributed by atoms with Gasteiger partial charge in [0.05, 0.1) is 13.0 Å². The third-order valence-corrected chi connectivity index (χ3v) is 5.21. The predicted molar refractivity (Wildman–Crippen MR) is 86.5 cm³/mol. The second kappa shape index (κ2) is 7.56. The molecular weight excluding hydrogens is 332 g/mol. The molecular formula is C18H23F2NO4. The summed E-state index contributed by atoms with van der Waals surface area (Å²) in [6, 6.07) is 4.44. The lowest BCUT2D eigenvalue weighted by atomic mass is 9.77. The van der Waals surface area contributed by atoms with Gasteiger partial charge in [-0.2, -0.15) is 8.78 Å². The molecule has 2 aliphatic rings. The van der Waals surface area contributed by atoms with Crippen LogP contribution >= 0.6 is 0 Å². The van der Waals surface area contributed by atoms with Crippen LogP contribution in [0.1, 0.15) is 43.7 Å². The lowest BCUT2D eigenvalue weighted by Gasteiger charge is -2.38. The van der Waals surface area contributed by atoms with Crippen LogP contribution < -0.4 is 15.2 Å². The Hall–Kier alpha value is -1.89. The van der Waals surface area contributed by atoms with Crippen LogP contribution in [0.4, 0.5) is 8.78 Å². The van der Waals surface area contributed by atoms with Gasteiger partial charge in [-0.05, 0) is 37.7 Å². The van der Waals surface area contributed by atoms with Crippen molar-refractivity contribution >= 4 is 5.97 Å². The van der Waals surface area contributed by atoms with Crippen LogP contribution in [-0.2, 0) is 9.53 Å². The summed E-state index contributed by atoms with van der Waals surface area (Å²) in [5.41, 5.74) is 7.06.